The van der Waals surface area contributed by atoms with Crippen LogP contribution in [0, 0.1) is 12.7 Å². The maximum atomic E-state index is 15.0. The maximum absolute atomic E-state index is 15.0. The average Bonchev–Trinajstić information content (AvgIpc) is 3.37. The van der Waals surface area contributed by atoms with Crippen LogP contribution in [0.1, 0.15) is 32.8 Å². The van der Waals surface area contributed by atoms with E-state index in [0.29, 0.717) is 45.4 Å². The minimum absolute atomic E-state index is 0.0183. The van der Waals surface area contributed by atoms with Gasteiger partial charge in [0, 0.05) is 36.4 Å². The van der Waals surface area contributed by atoms with Gasteiger partial charge in [0.2, 0.25) is 11.8 Å². The molecule has 0 spiro atoms. The molecule has 0 aliphatic heterocycles. The molecular weight excluding hydrogens is 589 g/mol. The molecule has 1 atom stereocenters. The molecule has 1 unspecified atom stereocenters. The van der Waals surface area contributed by atoms with Crippen molar-refractivity contribution >= 4 is 44.4 Å². The topological polar surface area (TPSA) is 138 Å². The first-order valence-corrected chi connectivity index (χ1v) is 14.6. The van der Waals surface area contributed by atoms with E-state index in [1.165, 1.54) is 30.7 Å². The van der Waals surface area contributed by atoms with E-state index in [0.717, 1.165) is 15.8 Å². The van der Waals surface area contributed by atoms with Gasteiger partial charge in [0.15, 0.2) is 11.6 Å². The van der Waals surface area contributed by atoms with Gasteiger partial charge in [-0.25, -0.2) is 29.1 Å². The van der Waals surface area contributed by atoms with Gasteiger partial charge in [0.1, 0.15) is 17.7 Å². The molecule has 1 amide bonds. The molecular formula is C31H32FN5O6S. The second-order valence-corrected chi connectivity index (χ2v) is 11.8. The lowest BCUT2D eigenvalue weighted by Crippen LogP contribution is -2.24. The van der Waals surface area contributed by atoms with Crippen molar-refractivity contribution in [3.05, 3.63) is 60.2 Å². The largest absolute Gasteiger partial charge is 0.484 e. The third-order valence-electron chi connectivity index (χ3n) is 6.37. The number of aryl methyl sites for hydroxylation is 1. The van der Waals surface area contributed by atoms with Crippen LogP contribution in [0.2, 0.25) is 0 Å². The fraction of sp³-hybridized carbons (Fsp3) is 0.323. The van der Waals surface area contributed by atoms with Crippen LogP contribution >= 0.6 is 11.3 Å². The van der Waals surface area contributed by atoms with Crippen molar-refractivity contribution < 1.29 is 33.2 Å². The van der Waals surface area contributed by atoms with Gasteiger partial charge in [-0.2, -0.15) is 0 Å². The first-order valence-electron chi connectivity index (χ1n) is 13.8. The Labute approximate surface area is 257 Å². The quantitative estimate of drug-likeness (QED) is 0.172. The molecule has 230 valence electrons. The Morgan fingerprint density at radius 3 is 2.70 bits per heavy atom. The van der Waals surface area contributed by atoms with Gasteiger partial charge < -0.3 is 24.1 Å². The van der Waals surface area contributed by atoms with Gasteiger partial charge in [-0.3, -0.25) is 5.32 Å². The Kier molecular flexibility index (Phi) is 9.06. The van der Waals surface area contributed by atoms with Crippen LogP contribution in [-0.2, 0) is 4.74 Å². The van der Waals surface area contributed by atoms with Crippen molar-refractivity contribution in [2.24, 2.45) is 0 Å². The lowest BCUT2D eigenvalue weighted by atomic mass is 10.1. The highest BCUT2D eigenvalue weighted by Gasteiger charge is 2.18. The molecule has 3 aromatic heterocycles. The lowest BCUT2D eigenvalue weighted by Gasteiger charge is -2.17. The van der Waals surface area contributed by atoms with Crippen LogP contribution in [0.25, 0.3) is 31.8 Å². The Balaban J connectivity index is 1.22. The first-order chi connectivity index (χ1) is 21.0. The van der Waals surface area contributed by atoms with Gasteiger partial charge >= 0.3 is 6.09 Å². The van der Waals surface area contributed by atoms with Crippen LogP contribution in [0.5, 0.6) is 17.5 Å². The van der Waals surface area contributed by atoms with Gasteiger partial charge in [-0.05, 0) is 51.5 Å². The highest BCUT2D eigenvalue weighted by Crippen LogP contribution is 2.37. The predicted octanol–water partition coefficient (Wildman–Crippen LogP) is 6.31. The summed E-state index contributed by atoms with van der Waals surface area (Å²) in [4.78, 5) is 30.1. The summed E-state index contributed by atoms with van der Waals surface area (Å²) in [5, 5.41) is 13.1. The zero-order chi connectivity index (χ0) is 31.4. The molecule has 0 bridgehead atoms. The van der Waals surface area contributed by atoms with Gasteiger partial charge in [-0.15, -0.1) is 11.3 Å². The monoisotopic (exact) mass is 621 g/mol. The number of methoxy groups -OCH3 is 1. The molecule has 0 saturated heterocycles. The summed E-state index contributed by atoms with van der Waals surface area (Å²) in [7, 11) is 1.54. The number of benzene rings is 2. The van der Waals surface area contributed by atoms with Crippen molar-refractivity contribution in [3.8, 4) is 28.1 Å². The third kappa shape index (κ3) is 7.66. The standard InChI is InChI=1S/C31H32FN5O6S/c1-17-10-20(28-23(11-17)36-27(40-5)15-34-28)29-37-22-13-21(32)24(14-25(22)44-29)43-18(2)16-42-30(38)35-19-6-8-33-26(12-19)41-9-7-31(3,4)39/h6,8,10-15,18,39H,7,9,16H2,1-5H3,(H,33,35,38). The number of nitrogens with one attached hydrogen (secondary N) is 1. The third-order valence-corrected chi connectivity index (χ3v) is 7.42. The summed E-state index contributed by atoms with van der Waals surface area (Å²) < 4.78 is 37.6. The molecule has 2 aromatic carbocycles. The van der Waals surface area contributed by atoms with Crippen molar-refractivity contribution in [1.29, 1.82) is 0 Å². The molecule has 0 fully saturated rings. The number of amides is 1. The minimum Gasteiger partial charge on any atom is -0.484 e. The Hall–Kier alpha value is -4.62. The number of carbonyl (C=O) groups is 1. The molecule has 13 heteroatoms. The highest BCUT2D eigenvalue weighted by molar-refractivity contribution is 7.21. The fourth-order valence-corrected chi connectivity index (χ4v) is 5.21. The molecule has 2 N–H and O–H groups in total. The number of anilines is 1. The minimum atomic E-state index is -0.863. The number of carbonyl (C=O) groups excluding carboxylic acids is 1. The average molecular weight is 622 g/mol. The first kappa shape index (κ1) is 30.8. The van der Waals surface area contributed by atoms with Crippen molar-refractivity contribution in [1.82, 2.24) is 19.9 Å². The predicted molar refractivity (Wildman–Crippen MR) is 165 cm³/mol. The van der Waals surface area contributed by atoms with E-state index >= 15 is 4.39 Å². The second-order valence-electron chi connectivity index (χ2n) is 10.8. The number of aliphatic hydroxyl groups is 1. The fourth-order valence-electron chi connectivity index (χ4n) is 4.21. The molecule has 3 heterocycles. The highest BCUT2D eigenvalue weighted by atomic mass is 32.1. The summed E-state index contributed by atoms with van der Waals surface area (Å²) in [5.74, 6) is 0.140. The molecule has 5 rings (SSSR count). The molecule has 44 heavy (non-hydrogen) atoms. The summed E-state index contributed by atoms with van der Waals surface area (Å²) in [5.41, 5.74) is 3.13. The van der Waals surface area contributed by atoms with E-state index in [1.807, 2.05) is 19.1 Å². The van der Waals surface area contributed by atoms with E-state index in [1.54, 1.807) is 45.2 Å². The van der Waals surface area contributed by atoms with Crippen LogP contribution < -0.4 is 19.5 Å². The summed E-state index contributed by atoms with van der Waals surface area (Å²) in [6.07, 6.45) is 2.08. The number of aromatic nitrogens is 4. The van der Waals surface area contributed by atoms with Gasteiger partial charge in [0.25, 0.3) is 0 Å². The second kappa shape index (κ2) is 12.9. The van der Waals surface area contributed by atoms with E-state index in [2.05, 4.69) is 25.3 Å². The zero-order valence-corrected chi connectivity index (χ0v) is 25.7. The van der Waals surface area contributed by atoms with E-state index in [9.17, 15) is 9.90 Å². The van der Waals surface area contributed by atoms with E-state index in [-0.39, 0.29) is 19.0 Å². The van der Waals surface area contributed by atoms with Crippen molar-refractivity contribution in [2.75, 3.05) is 25.6 Å². The van der Waals surface area contributed by atoms with Gasteiger partial charge in [0.05, 0.1) is 52.5 Å². The van der Waals surface area contributed by atoms with Crippen molar-refractivity contribution in [3.63, 3.8) is 0 Å². The van der Waals surface area contributed by atoms with E-state index in [4.69, 9.17) is 18.9 Å². The van der Waals surface area contributed by atoms with Crippen LogP contribution in [0.15, 0.2) is 48.8 Å². The lowest BCUT2D eigenvalue weighted by molar-refractivity contribution is 0.0547. The molecule has 0 saturated carbocycles. The van der Waals surface area contributed by atoms with Crippen LogP contribution in [0.4, 0.5) is 14.9 Å². The number of hydrogen-bond donors (Lipinski definition) is 2. The molecule has 0 aliphatic carbocycles. The van der Waals surface area contributed by atoms with Crippen LogP contribution in [0.3, 0.4) is 0 Å². The summed E-state index contributed by atoms with van der Waals surface area (Å²) >= 11 is 1.38. The molecule has 5 aromatic rings. The van der Waals surface area contributed by atoms with Gasteiger partial charge in [-0.1, -0.05) is 0 Å². The smallest absolute Gasteiger partial charge is 0.411 e. The van der Waals surface area contributed by atoms with E-state index < -0.39 is 23.6 Å². The zero-order valence-electron chi connectivity index (χ0n) is 24.9. The number of ether oxygens (including phenoxy) is 4. The SMILES string of the molecule is COc1cnc2c(-c3nc4cc(F)c(OC(C)COC(=O)Nc5ccnc(OCCC(C)(C)O)c5)cc4s3)cc(C)cc2n1. The normalized spacial score (nSPS) is 12.2. The van der Waals surface area contributed by atoms with Crippen LogP contribution in [-0.4, -0.2) is 63.2 Å². The summed E-state index contributed by atoms with van der Waals surface area (Å²) in [6.45, 7) is 7.13. The van der Waals surface area contributed by atoms with Crippen molar-refractivity contribution in [2.45, 2.75) is 45.8 Å². The number of pyridine rings is 1. The number of fused-ring (bicyclic) bond motifs is 2. The number of rotatable bonds is 11. The number of hydrogen-bond acceptors (Lipinski definition) is 11. The Morgan fingerprint density at radius 2 is 1.93 bits per heavy atom. The Bertz CT molecular complexity index is 1810. The Morgan fingerprint density at radius 1 is 1.11 bits per heavy atom. The number of halogens is 1. The maximum Gasteiger partial charge on any atom is 0.411 e. The molecule has 0 radical (unpaired) electrons. The summed E-state index contributed by atoms with van der Waals surface area (Å²) in [6, 6.07) is 9.93. The number of nitrogens with zero attached hydrogens (tertiary/aromatic N) is 4. The molecule has 0 aliphatic rings. The number of thiazole rings is 1. The molecule has 11 nitrogen and oxygen atoms in total.